The molecule has 0 bridgehead atoms. The molecule has 1 aromatic carbocycles. The third kappa shape index (κ3) is 2.75. The molecule has 0 spiro atoms. The molecule has 2 heterocycles. The normalized spacial score (nSPS) is 26.4. The van der Waals surface area contributed by atoms with Crippen LogP contribution in [0.5, 0.6) is 0 Å². The Kier molecular flexibility index (Phi) is 3.62. The fraction of sp³-hybridized carbons (Fsp3) is 0.500. The number of nitrogens with one attached hydrogen (secondary N) is 1. The number of fused-ring (bicyclic) bond motifs is 1. The Morgan fingerprint density at radius 1 is 1.38 bits per heavy atom. The number of nitrogens with zero attached hydrogens (tertiary/aromatic N) is 1. The summed E-state index contributed by atoms with van der Waals surface area (Å²) in [5.41, 5.74) is 6.92. The molecule has 1 aromatic rings. The lowest BCUT2D eigenvalue weighted by molar-refractivity contribution is -0.123. The predicted octanol–water partition coefficient (Wildman–Crippen LogP) is 0.309. The topological polar surface area (TPSA) is 92.5 Å². The highest BCUT2D eigenvalue weighted by Crippen LogP contribution is 2.30. The van der Waals surface area contributed by atoms with Crippen molar-refractivity contribution in [2.45, 2.75) is 24.6 Å². The first kappa shape index (κ1) is 14.3. The van der Waals surface area contributed by atoms with Gasteiger partial charge in [-0.05, 0) is 30.5 Å². The van der Waals surface area contributed by atoms with E-state index in [4.69, 9.17) is 5.73 Å². The van der Waals surface area contributed by atoms with Crippen LogP contribution in [0.25, 0.3) is 0 Å². The van der Waals surface area contributed by atoms with Crippen LogP contribution in [0.1, 0.15) is 18.4 Å². The average molecular weight is 309 g/mol. The highest BCUT2D eigenvalue weighted by atomic mass is 32.2. The molecule has 2 aliphatic rings. The quantitative estimate of drug-likeness (QED) is 0.786. The molecule has 2 aliphatic heterocycles. The van der Waals surface area contributed by atoms with Gasteiger partial charge < -0.3 is 11.1 Å². The van der Waals surface area contributed by atoms with E-state index in [-0.39, 0.29) is 23.6 Å². The van der Waals surface area contributed by atoms with Crippen LogP contribution in [0.4, 0.5) is 5.69 Å². The van der Waals surface area contributed by atoms with Gasteiger partial charge in [-0.3, -0.25) is 4.79 Å². The minimum Gasteiger partial charge on any atom is -0.399 e. The number of carbonyl (C=O) groups is 1. The van der Waals surface area contributed by atoms with Crippen molar-refractivity contribution in [1.82, 2.24) is 9.62 Å². The summed E-state index contributed by atoms with van der Waals surface area (Å²) in [7, 11) is -3.45. The summed E-state index contributed by atoms with van der Waals surface area (Å²) in [4.78, 5) is 11.7. The summed E-state index contributed by atoms with van der Waals surface area (Å²) in [5, 5.41) is 2.77. The Labute approximate surface area is 124 Å². The van der Waals surface area contributed by atoms with Crippen LogP contribution in [0, 0.1) is 5.92 Å². The fourth-order valence-electron chi connectivity index (χ4n) is 3.23. The highest BCUT2D eigenvalue weighted by Gasteiger charge is 2.45. The van der Waals surface area contributed by atoms with Crippen LogP contribution in [-0.2, 0) is 20.6 Å². The molecule has 0 saturated carbocycles. The molecular weight excluding hydrogens is 290 g/mol. The van der Waals surface area contributed by atoms with E-state index >= 15 is 0 Å². The molecular formula is C14H19N3O3S. The SMILES string of the molecule is Nc1cccc(CS(=O)(=O)N2CCCC3C(=O)NCC32)c1. The van der Waals surface area contributed by atoms with E-state index < -0.39 is 10.0 Å². The minimum atomic E-state index is -3.45. The Balaban J connectivity index is 1.82. The summed E-state index contributed by atoms with van der Waals surface area (Å²) in [5.74, 6) is -0.298. The zero-order valence-corrected chi connectivity index (χ0v) is 12.5. The molecule has 2 fully saturated rings. The summed E-state index contributed by atoms with van der Waals surface area (Å²) in [6, 6.07) is 6.67. The zero-order valence-electron chi connectivity index (χ0n) is 11.7. The van der Waals surface area contributed by atoms with E-state index in [1.54, 1.807) is 24.3 Å². The molecule has 0 aliphatic carbocycles. The van der Waals surface area contributed by atoms with Gasteiger partial charge in [0.15, 0.2) is 0 Å². The molecule has 114 valence electrons. The third-order valence-corrected chi connectivity index (χ3v) is 6.07. The van der Waals surface area contributed by atoms with E-state index in [0.29, 0.717) is 24.3 Å². The maximum absolute atomic E-state index is 12.7. The van der Waals surface area contributed by atoms with Crippen LogP contribution in [0.15, 0.2) is 24.3 Å². The van der Waals surface area contributed by atoms with Gasteiger partial charge in [0.2, 0.25) is 15.9 Å². The second kappa shape index (κ2) is 5.31. The van der Waals surface area contributed by atoms with Gasteiger partial charge in [-0.1, -0.05) is 12.1 Å². The van der Waals surface area contributed by atoms with Crippen molar-refractivity contribution >= 4 is 21.6 Å². The number of carbonyl (C=O) groups excluding carboxylic acids is 1. The fourth-order valence-corrected chi connectivity index (χ4v) is 5.04. The number of rotatable bonds is 3. The van der Waals surface area contributed by atoms with Gasteiger partial charge in [-0.15, -0.1) is 0 Å². The monoisotopic (exact) mass is 309 g/mol. The predicted molar refractivity (Wildman–Crippen MR) is 79.7 cm³/mol. The molecule has 0 aromatic heterocycles. The van der Waals surface area contributed by atoms with Crippen molar-refractivity contribution < 1.29 is 13.2 Å². The number of hydrogen-bond acceptors (Lipinski definition) is 4. The lowest BCUT2D eigenvalue weighted by atomic mass is 9.93. The van der Waals surface area contributed by atoms with Crippen molar-refractivity contribution in [1.29, 1.82) is 0 Å². The average Bonchev–Trinajstić information content (AvgIpc) is 2.80. The molecule has 3 rings (SSSR count). The number of benzene rings is 1. The number of amides is 1. The standard InChI is InChI=1S/C14H19N3O3S/c15-11-4-1-3-10(7-11)9-21(19,20)17-6-2-5-12-13(17)8-16-14(12)18/h1,3-4,7,12-13H,2,5-6,8-9,15H2,(H,16,18). The van der Waals surface area contributed by atoms with Crippen LogP contribution >= 0.6 is 0 Å². The number of nitrogen functional groups attached to an aromatic ring is 1. The van der Waals surface area contributed by atoms with Gasteiger partial charge >= 0.3 is 0 Å². The first-order valence-corrected chi connectivity index (χ1v) is 8.70. The molecule has 3 N–H and O–H groups in total. The minimum absolute atomic E-state index is 0.0242. The maximum Gasteiger partial charge on any atom is 0.224 e. The first-order chi connectivity index (χ1) is 9.97. The van der Waals surface area contributed by atoms with Crippen LogP contribution in [0.2, 0.25) is 0 Å². The van der Waals surface area contributed by atoms with Crippen LogP contribution < -0.4 is 11.1 Å². The van der Waals surface area contributed by atoms with Gasteiger partial charge in [-0.25, -0.2) is 8.42 Å². The lowest BCUT2D eigenvalue weighted by Gasteiger charge is -2.34. The Morgan fingerprint density at radius 3 is 2.95 bits per heavy atom. The third-order valence-electron chi connectivity index (χ3n) is 4.21. The second-order valence-electron chi connectivity index (χ2n) is 5.67. The number of nitrogens with two attached hydrogens (primary N) is 1. The van der Waals surface area contributed by atoms with Gasteiger partial charge in [-0.2, -0.15) is 4.31 Å². The summed E-state index contributed by atoms with van der Waals surface area (Å²) in [6.45, 7) is 0.903. The summed E-state index contributed by atoms with van der Waals surface area (Å²) < 4.78 is 26.8. The van der Waals surface area contributed by atoms with Crippen molar-refractivity contribution in [3.8, 4) is 0 Å². The second-order valence-corrected chi connectivity index (χ2v) is 7.59. The molecule has 6 nitrogen and oxygen atoms in total. The highest BCUT2D eigenvalue weighted by molar-refractivity contribution is 7.88. The zero-order chi connectivity index (χ0) is 15.0. The Bertz CT molecular complexity index is 659. The Hall–Kier alpha value is -1.60. The number of anilines is 1. The van der Waals surface area contributed by atoms with E-state index in [2.05, 4.69) is 5.32 Å². The molecule has 21 heavy (non-hydrogen) atoms. The van der Waals surface area contributed by atoms with Crippen molar-refractivity contribution in [2.24, 2.45) is 5.92 Å². The van der Waals surface area contributed by atoms with E-state index in [1.165, 1.54) is 4.31 Å². The molecule has 0 radical (unpaired) electrons. The molecule has 1 amide bonds. The first-order valence-electron chi connectivity index (χ1n) is 7.09. The number of piperidine rings is 1. The Morgan fingerprint density at radius 2 is 2.19 bits per heavy atom. The smallest absolute Gasteiger partial charge is 0.224 e. The largest absolute Gasteiger partial charge is 0.399 e. The molecule has 7 heteroatoms. The molecule has 2 atom stereocenters. The molecule has 2 unspecified atom stereocenters. The van der Waals surface area contributed by atoms with Gasteiger partial charge in [0.1, 0.15) is 0 Å². The number of sulfonamides is 1. The van der Waals surface area contributed by atoms with Gasteiger partial charge in [0.05, 0.1) is 17.7 Å². The van der Waals surface area contributed by atoms with Crippen LogP contribution in [0.3, 0.4) is 0 Å². The van der Waals surface area contributed by atoms with Gasteiger partial charge in [0, 0.05) is 18.8 Å². The summed E-state index contributed by atoms with van der Waals surface area (Å²) >= 11 is 0. The van der Waals surface area contributed by atoms with Crippen molar-refractivity contribution in [3.63, 3.8) is 0 Å². The lowest BCUT2D eigenvalue weighted by Crippen LogP contribution is -2.48. The van der Waals surface area contributed by atoms with Gasteiger partial charge in [0.25, 0.3) is 0 Å². The summed E-state index contributed by atoms with van der Waals surface area (Å²) in [6.07, 6.45) is 1.49. The molecule has 2 saturated heterocycles. The number of hydrogen-bond donors (Lipinski definition) is 2. The van der Waals surface area contributed by atoms with Crippen LogP contribution in [-0.4, -0.2) is 37.8 Å². The van der Waals surface area contributed by atoms with Crippen molar-refractivity contribution in [2.75, 3.05) is 18.8 Å². The maximum atomic E-state index is 12.7. The van der Waals surface area contributed by atoms with E-state index in [1.807, 2.05) is 0 Å². The van der Waals surface area contributed by atoms with E-state index in [9.17, 15) is 13.2 Å². The van der Waals surface area contributed by atoms with Crippen molar-refractivity contribution in [3.05, 3.63) is 29.8 Å². The van der Waals surface area contributed by atoms with E-state index in [0.717, 1.165) is 12.8 Å².